The largest absolute Gasteiger partial charge is 0.389 e. The van der Waals surface area contributed by atoms with E-state index >= 15 is 0 Å². The van der Waals surface area contributed by atoms with Crippen LogP contribution < -0.4 is 10.2 Å². The lowest BCUT2D eigenvalue weighted by Gasteiger charge is -2.38. The number of nitrogens with one attached hydrogen (secondary N) is 1. The van der Waals surface area contributed by atoms with Crippen molar-refractivity contribution in [3.8, 4) is 0 Å². The zero-order valence-electron chi connectivity index (χ0n) is 12.1. The number of piperidine rings is 1. The van der Waals surface area contributed by atoms with E-state index in [1.165, 1.54) is 0 Å². The highest BCUT2D eigenvalue weighted by molar-refractivity contribution is 5.98. The number of nitrogens with zero attached hydrogens (tertiary/aromatic N) is 1. The Kier molecular flexibility index (Phi) is 4.03. The Bertz CT molecular complexity index is 638. The van der Waals surface area contributed by atoms with Gasteiger partial charge in [-0.15, -0.1) is 0 Å². The predicted molar refractivity (Wildman–Crippen MR) is 75.4 cm³/mol. The standard InChI is InChI=1S/C15H16F2N2O4/c16-10-3-7(19-5-8(20)6-19)4-11(17)13(10)14(22)9-1-2-12(21)18-15(9)23/h3-4,8-9,14,20,22H,1-2,5-6H2,(H,18,21,23). The molecule has 3 rings (SSSR count). The number of hydrogen-bond donors (Lipinski definition) is 3. The molecule has 0 saturated carbocycles. The van der Waals surface area contributed by atoms with Gasteiger partial charge < -0.3 is 15.1 Å². The highest BCUT2D eigenvalue weighted by atomic mass is 19.1. The van der Waals surface area contributed by atoms with E-state index in [9.17, 15) is 28.6 Å². The van der Waals surface area contributed by atoms with Crippen LogP contribution in [-0.4, -0.2) is 41.2 Å². The summed E-state index contributed by atoms with van der Waals surface area (Å²) in [7, 11) is 0. The monoisotopic (exact) mass is 326 g/mol. The fraction of sp³-hybridized carbons (Fsp3) is 0.467. The molecule has 2 aliphatic rings. The summed E-state index contributed by atoms with van der Waals surface area (Å²) in [6.45, 7) is 0.571. The Morgan fingerprint density at radius 2 is 1.83 bits per heavy atom. The molecule has 6 nitrogen and oxygen atoms in total. The van der Waals surface area contributed by atoms with Crippen molar-refractivity contribution < 1.29 is 28.6 Å². The van der Waals surface area contributed by atoms with Gasteiger partial charge >= 0.3 is 0 Å². The summed E-state index contributed by atoms with van der Waals surface area (Å²) in [4.78, 5) is 24.4. The highest BCUT2D eigenvalue weighted by Crippen LogP contribution is 2.34. The van der Waals surface area contributed by atoms with E-state index in [1.807, 2.05) is 0 Å². The molecule has 0 spiro atoms. The zero-order chi connectivity index (χ0) is 16.7. The Hall–Kier alpha value is -2.06. The van der Waals surface area contributed by atoms with Gasteiger partial charge in [-0.3, -0.25) is 14.9 Å². The van der Waals surface area contributed by atoms with Gasteiger partial charge in [0.25, 0.3) is 0 Å². The van der Waals surface area contributed by atoms with E-state index in [4.69, 9.17) is 0 Å². The molecule has 2 fully saturated rings. The van der Waals surface area contributed by atoms with Crippen LogP contribution in [0.5, 0.6) is 0 Å². The molecule has 124 valence electrons. The zero-order valence-corrected chi connectivity index (χ0v) is 12.1. The number of β-amino-alcohol motifs (C(OH)–C–C–N with tert-alkyl or cyclic N) is 1. The van der Waals surface area contributed by atoms with Gasteiger partial charge in [-0.1, -0.05) is 0 Å². The second-order valence-corrected chi connectivity index (χ2v) is 5.88. The first kappa shape index (κ1) is 15.8. The minimum Gasteiger partial charge on any atom is -0.389 e. The van der Waals surface area contributed by atoms with Gasteiger partial charge in [-0.25, -0.2) is 8.78 Å². The van der Waals surface area contributed by atoms with Crippen LogP contribution in [0.4, 0.5) is 14.5 Å². The van der Waals surface area contributed by atoms with E-state index in [0.717, 1.165) is 12.1 Å². The number of carbonyl (C=O) groups is 2. The smallest absolute Gasteiger partial charge is 0.232 e. The molecule has 1 aromatic rings. The summed E-state index contributed by atoms with van der Waals surface area (Å²) in [6.07, 6.45) is -2.14. The van der Waals surface area contributed by atoms with E-state index in [-0.39, 0.29) is 31.6 Å². The molecular weight excluding hydrogens is 310 g/mol. The molecule has 8 heteroatoms. The molecule has 0 radical (unpaired) electrons. The average Bonchev–Trinajstić information content (AvgIpc) is 2.42. The molecule has 2 amide bonds. The van der Waals surface area contributed by atoms with Crippen LogP contribution >= 0.6 is 0 Å². The number of aliphatic hydroxyl groups is 2. The third kappa shape index (κ3) is 2.91. The summed E-state index contributed by atoms with van der Waals surface area (Å²) in [6, 6.07) is 2.14. The lowest BCUT2D eigenvalue weighted by Crippen LogP contribution is -2.50. The molecule has 2 atom stereocenters. The molecule has 2 saturated heterocycles. The first-order chi connectivity index (χ1) is 10.9. The van der Waals surface area contributed by atoms with Crippen molar-refractivity contribution >= 4 is 17.5 Å². The molecule has 2 aliphatic heterocycles. The van der Waals surface area contributed by atoms with Crippen LogP contribution in [0, 0.1) is 17.6 Å². The number of benzene rings is 1. The molecule has 0 aromatic heterocycles. The lowest BCUT2D eigenvalue weighted by atomic mass is 9.87. The third-order valence-corrected chi connectivity index (χ3v) is 4.25. The summed E-state index contributed by atoms with van der Waals surface area (Å²) in [5, 5.41) is 21.5. The third-order valence-electron chi connectivity index (χ3n) is 4.25. The van der Waals surface area contributed by atoms with E-state index in [1.54, 1.807) is 4.90 Å². The topological polar surface area (TPSA) is 89.9 Å². The number of halogens is 2. The summed E-state index contributed by atoms with van der Waals surface area (Å²) in [5.74, 6) is -4.20. The van der Waals surface area contributed by atoms with Crippen LogP contribution in [0.3, 0.4) is 0 Å². The highest BCUT2D eigenvalue weighted by Gasteiger charge is 2.36. The maximum Gasteiger partial charge on any atom is 0.232 e. The number of rotatable bonds is 3. The predicted octanol–water partition coefficient (Wildman–Crippen LogP) is 0.232. The minimum atomic E-state index is -1.67. The van der Waals surface area contributed by atoms with Crippen molar-refractivity contribution in [1.82, 2.24) is 5.32 Å². The number of hydrogen-bond acceptors (Lipinski definition) is 5. The molecule has 2 heterocycles. The summed E-state index contributed by atoms with van der Waals surface area (Å²) >= 11 is 0. The fourth-order valence-corrected chi connectivity index (χ4v) is 2.91. The van der Waals surface area contributed by atoms with Gasteiger partial charge in [-0.05, 0) is 18.6 Å². The first-order valence-corrected chi connectivity index (χ1v) is 7.30. The van der Waals surface area contributed by atoms with E-state index in [0.29, 0.717) is 0 Å². The molecular formula is C15H16F2N2O4. The number of aliphatic hydroxyl groups excluding tert-OH is 2. The van der Waals surface area contributed by atoms with E-state index in [2.05, 4.69) is 5.32 Å². The number of carbonyl (C=O) groups excluding carboxylic acids is 2. The van der Waals surface area contributed by atoms with Crippen LogP contribution in [0.2, 0.25) is 0 Å². The van der Waals surface area contributed by atoms with Crippen molar-refractivity contribution in [3.05, 3.63) is 29.3 Å². The van der Waals surface area contributed by atoms with Crippen LogP contribution in [0.1, 0.15) is 24.5 Å². The second kappa shape index (κ2) is 5.86. The molecule has 23 heavy (non-hydrogen) atoms. The average molecular weight is 326 g/mol. The van der Waals surface area contributed by atoms with Gasteiger partial charge in [0, 0.05) is 25.2 Å². The lowest BCUT2D eigenvalue weighted by molar-refractivity contribution is -0.139. The normalized spacial score (nSPS) is 23.5. The maximum atomic E-state index is 14.3. The fourth-order valence-electron chi connectivity index (χ4n) is 2.91. The molecule has 1 aromatic carbocycles. The number of anilines is 1. The number of amides is 2. The Morgan fingerprint density at radius 3 is 2.35 bits per heavy atom. The molecule has 2 unspecified atom stereocenters. The van der Waals surface area contributed by atoms with Crippen LogP contribution in [0.25, 0.3) is 0 Å². The Balaban J connectivity index is 1.84. The summed E-state index contributed by atoms with van der Waals surface area (Å²) < 4.78 is 28.5. The maximum absolute atomic E-state index is 14.3. The van der Waals surface area contributed by atoms with Crippen molar-refractivity contribution in [2.75, 3.05) is 18.0 Å². The second-order valence-electron chi connectivity index (χ2n) is 5.88. The van der Waals surface area contributed by atoms with Gasteiger partial charge in [0.15, 0.2) is 0 Å². The Labute approximate surface area is 130 Å². The van der Waals surface area contributed by atoms with Gasteiger partial charge in [0.1, 0.15) is 11.6 Å². The molecule has 3 N–H and O–H groups in total. The quantitative estimate of drug-likeness (QED) is 0.692. The van der Waals surface area contributed by atoms with E-state index < -0.39 is 47.1 Å². The van der Waals surface area contributed by atoms with Gasteiger partial charge in [0.05, 0.1) is 23.7 Å². The van der Waals surface area contributed by atoms with Crippen molar-refractivity contribution in [3.63, 3.8) is 0 Å². The number of imide groups is 1. The van der Waals surface area contributed by atoms with Gasteiger partial charge in [0.2, 0.25) is 11.8 Å². The van der Waals surface area contributed by atoms with Crippen molar-refractivity contribution in [1.29, 1.82) is 0 Å². The van der Waals surface area contributed by atoms with Gasteiger partial charge in [-0.2, -0.15) is 0 Å². The minimum absolute atomic E-state index is 0.0143. The van der Waals surface area contributed by atoms with Crippen molar-refractivity contribution in [2.24, 2.45) is 5.92 Å². The summed E-state index contributed by atoms with van der Waals surface area (Å²) in [5.41, 5.74) is -0.311. The van der Waals surface area contributed by atoms with Crippen LogP contribution in [-0.2, 0) is 9.59 Å². The molecule has 0 bridgehead atoms. The Morgan fingerprint density at radius 1 is 1.22 bits per heavy atom. The first-order valence-electron chi connectivity index (χ1n) is 7.30. The SMILES string of the molecule is O=C1CCC(C(O)c2c(F)cc(N3CC(O)C3)cc2F)C(=O)N1. The van der Waals surface area contributed by atoms with Crippen molar-refractivity contribution in [2.45, 2.75) is 25.0 Å². The molecule has 0 aliphatic carbocycles. The van der Waals surface area contributed by atoms with Crippen LogP contribution in [0.15, 0.2) is 12.1 Å².